The Morgan fingerprint density at radius 1 is 0.704 bits per heavy atom. The molecular formula is C56H55N5O17S3. The fourth-order valence-corrected chi connectivity index (χ4v) is 12.7. The molecular weight excluding hydrogens is 1110 g/mol. The van der Waals surface area contributed by atoms with Crippen molar-refractivity contribution in [3.8, 4) is 40.2 Å². The predicted molar refractivity (Wildman–Crippen MR) is 294 cm³/mol. The van der Waals surface area contributed by atoms with Crippen LogP contribution in [0.3, 0.4) is 0 Å². The Bertz CT molecular complexity index is 3440. The molecule has 5 N–H and O–H groups in total. The third kappa shape index (κ3) is 11.4. The van der Waals surface area contributed by atoms with Crippen LogP contribution in [0.25, 0.3) is 0 Å². The molecule has 25 heteroatoms. The first-order valence-corrected chi connectivity index (χ1v) is 28.7. The third-order valence-electron chi connectivity index (χ3n) is 14.2. The highest BCUT2D eigenvalue weighted by Crippen LogP contribution is 2.42. The van der Waals surface area contributed by atoms with Gasteiger partial charge >= 0.3 is 10.4 Å². The summed E-state index contributed by atoms with van der Waals surface area (Å²) in [4.78, 5) is 56.8. The zero-order valence-electron chi connectivity index (χ0n) is 43.9. The molecule has 1 fully saturated rings. The first-order valence-electron chi connectivity index (χ1n) is 25.7. The number of hydrogen-bond donors (Lipinski definition) is 5. The van der Waals surface area contributed by atoms with E-state index in [1.807, 2.05) is 22.9 Å². The van der Waals surface area contributed by atoms with E-state index in [9.17, 15) is 43.2 Å². The standard InChI is InChI=1S/C56H55N5O17S3/c1-28(2)59-53(66)31-5-6-41(75-56-52(65)51(64)50(63)47(25-62)76-56)46(14-31)78-81(69,70)77-36-12-29(26-73-44-19-39-37(17-42(44)71-3)54(67)60-23-32-7-9-79-48(32)15-34(60)21-57-39)11-30(13-36)27-74-45-20-40-38(18-43(45)72-4)55(68)61-24-33-8-10-80-49(33)16-35(61)22-58-40/h5-14,17-22,28,34-35,47,50-52,56,62-65H,15-16,23-27H2,1-4H3,(H,59,66)/t34-,35+,47-,50+,51+,52-,56?/m1/s1. The number of aliphatic hydroxyl groups excluding tert-OH is 4. The number of amides is 3. The number of aliphatic imine (C=N–C) groups is 2. The van der Waals surface area contributed by atoms with Gasteiger partial charge < -0.3 is 72.3 Å². The smallest absolute Gasteiger partial charge is 0.493 e. The van der Waals surface area contributed by atoms with Gasteiger partial charge in [-0.3, -0.25) is 24.4 Å². The monoisotopic (exact) mass is 1170 g/mol. The van der Waals surface area contributed by atoms with Crippen molar-refractivity contribution in [3.05, 3.63) is 132 Å². The van der Waals surface area contributed by atoms with E-state index in [0.29, 0.717) is 59.6 Å². The maximum absolute atomic E-state index is 14.2. The molecule has 424 valence electrons. The van der Waals surface area contributed by atoms with E-state index in [0.717, 1.165) is 17.2 Å². The summed E-state index contributed by atoms with van der Waals surface area (Å²) in [5.74, 6) is -1.50. The van der Waals surface area contributed by atoms with Crippen molar-refractivity contribution in [1.82, 2.24) is 15.1 Å². The lowest BCUT2D eigenvalue weighted by Gasteiger charge is -2.39. The molecule has 22 nitrogen and oxygen atoms in total. The number of rotatable bonds is 17. The average molecular weight is 1170 g/mol. The van der Waals surface area contributed by atoms with E-state index >= 15 is 0 Å². The van der Waals surface area contributed by atoms with E-state index in [4.69, 9.17) is 46.8 Å². The maximum atomic E-state index is 14.2. The average Bonchev–Trinajstić information content (AvgIpc) is 4.22. The van der Waals surface area contributed by atoms with Crippen molar-refractivity contribution in [2.45, 2.75) is 102 Å². The molecule has 11 rings (SSSR count). The van der Waals surface area contributed by atoms with E-state index in [1.54, 1.807) is 89.1 Å². The van der Waals surface area contributed by atoms with Crippen molar-refractivity contribution in [2.24, 2.45) is 9.98 Å². The molecule has 2 aromatic heterocycles. The first kappa shape index (κ1) is 55.3. The van der Waals surface area contributed by atoms with Crippen LogP contribution in [0.4, 0.5) is 11.4 Å². The van der Waals surface area contributed by atoms with E-state index < -0.39 is 65.1 Å². The molecule has 7 heterocycles. The van der Waals surface area contributed by atoms with Crippen LogP contribution in [0, 0.1) is 0 Å². The molecule has 0 aliphatic carbocycles. The SMILES string of the molecule is COc1cc2c(cc1OCc1cc(COc3cc4c(cc3OC)C(=O)N3Cc5ccsc5C[C@@H]3C=N4)cc(OS(=O)(=O)Oc3cc(C(=O)NC(C)C)ccc3OC3O[C@H](CO)[C@H](O)[C@H](O)[C@H]3O)c1)N=C[C@@H]1Cc3sccc3CN1C2=O. The Balaban J connectivity index is 0.899. The molecule has 81 heavy (non-hydrogen) atoms. The number of hydrogen-bond acceptors (Lipinski definition) is 21. The molecule has 5 aliphatic rings. The fraction of sp³-hybridized carbons (Fsp3) is 0.339. The van der Waals surface area contributed by atoms with Crippen LogP contribution in [0.15, 0.2) is 93.5 Å². The molecule has 7 atom stereocenters. The second kappa shape index (κ2) is 22.7. The molecule has 0 spiro atoms. The Kier molecular flexibility index (Phi) is 15.5. The highest BCUT2D eigenvalue weighted by Gasteiger charge is 2.45. The van der Waals surface area contributed by atoms with Crippen molar-refractivity contribution in [3.63, 3.8) is 0 Å². The molecule has 1 unspecified atom stereocenters. The lowest BCUT2D eigenvalue weighted by Crippen LogP contribution is -2.60. The third-order valence-corrected chi connectivity index (χ3v) is 16.9. The van der Waals surface area contributed by atoms with Crippen LogP contribution < -0.4 is 37.4 Å². The van der Waals surface area contributed by atoms with Gasteiger partial charge in [0.25, 0.3) is 17.7 Å². The number of ether oxygens (including phenoxy) is 6. The Morgan fingerprint density at radius 2 is 1.26 bits per heavy atom. The number of carbonyl (C=O) groups excluding carboxylic acids is 3. The van der Waals surface area contributed by atoms with Crippen molar-refractivity contribution in [1.29, 1.82) is 0 Å². The topological polar surface area (TPSA) is 283 Å². The van der Waals surface area contributed by atoms with Crippen molar-refractivity contribution >= 4 is 74.6 Å². The summed E-state index contributed by atoms with van der Waals surface area (Å²) in [6.07, 6.45) is -3.84. The number of nitrogens with one attached hydrogen (secondary N) is 1. The molecule has 0 bridgehead atoms. The van der Waals surface area contributed by atoms with Crippen molar-refractivity contribution in [2.75, 3.05) is 20.8 Å². The summed E-state index contributed by atoms with van der Waals surface area (Å²) in [7, 11) is -2.34. The first-order chi connectivity index (χ1) is 39.0. The van der Waals surface area contributed by atoms with E-state index in [2.05, 4.69) is 5.32 Å². The lowest BCUT2D eigenvalue weighted by atomic mass is 9.99. The quantitative estimate of drug-likeness (QED) is 0.0746. The minimum absolute atomic E-state index is 0.0689. The van der Waals surface area contributed by atoms with Crippen LogP contribution in [-0.4, -0.2) is 138 Å². The van der Waals surface area contributed by atoms with Gasteiger partial charge in [-0.15, -0.1) is 31.1 Å². The highest BCUT2D eigenvalue weighted by atomic mass is 32.3. The van der Waals surface area contributed by atoms with Gasteiger partial charge in [0.15, 0.2) is 34.5 Å². The molecule has 1 saturated heterocycles. The molecule has 0 saturated carbocycles. The Labute approximate surface area is 472 Å². The second-order valence-corrected chi connectivity index (χ2v) is 23.1. The van der Waals surface area contributed by atoms with Crippen LogP contribution >= 0.6 is 22.7 Å². The fourth-order valence-electron chi connectivity index (χ4n) is 10.1. The van der Waals surface area contributed by atoms with E-state index in [-0.39, 0.29) is 77.5 Å². The summed E-state index contributed by atoms with van der Waals surface area (Å²) in [6, 6.07) is 17.5. The molecule has 3 amide bonds. The summed E-state index contributed by atoms with van der Waals surface area (Å²) >= 11 is 3.28. The number of carbonyl (C=O) groups is 3. The Morgan fingerprint density at radius 3 is 1.78 bits per heavy atom. The summed E-state index contributed by atoms with van der Waals surface area (Å²) < 4.78 is 75.0. The van der Waals surface area contributed by atoms with Crippen LogP contribution in [-0.2, 0) is 54.3 Å². The van der Waals surface area contributed by atoms with Gasteiger partial charge in [-0.2, -0.15) is 0 Å². The number of aliphatic hydroxyl groups is 4. The molecule has 0 radical (unpaired) electrons. The molecule has 4 aromatic carbocycles. The second-order valence-electron chi connectivity index (χ2n) is 20.0. The van der Waals surface area contributed by atoms with E-state index in [1.165, 1.54) is 48.2 Å². The Hall–Kier alpha value is -7.62. The van der Waals surface area contributed by atoms with Crippen LogP contribution in [0.1, 0.15) is 76.9 Å². The summed E-state index contributed by atoms with van der Waals surface area (Å²) in [5.41, 5.74) is 4.15. The van der Waals surface area contributed by atoms with Gasteiger partial charge in [0.1, 0.15) is 43.4 Å². The van der Waals surface area contributed by atoms with Gasteiger partial charge in [-0.25, -0.2) is 0 Å². The summed E-state index contributed by atoms with van der Waals surface area (Å²) in [6.45, 7) is 3.05. The lowest BCUT2D eigenvalue weighted by molar-refractivity contribution is -0.277. The van der Waals surface area contributed by atoms with Crippen LogP contribution in [0.5, 0.6) is 40.2 Å². The number of thiophene rings is 2. The summed E-state index contributed by atoms with van der Waals surface area (Å²) in [5, 5.41) is 48.2. The number of methoxy groups -OCH3 is 2. The van der Waals surface area contributed by atoms with Crippen molar-refractivity contribution < 1.29 is 80.0 Å². The number of benzene rings is 4. The van der Waals surface area contributed by atoms with Gasteiger partial charge in [0, 0.05) is 71.9 Å². The maximum Gasteiger partial charge on any atom is 0.501 e. The molecule has 6 aromatic rings. The van der Waals surface area contributed by atoms with Gasteiger partial charge in [-0.1, -0.05) is 0 Å². The molecule has 5 aliphatic heterocycles. The minimum atomic E-state index is -5.21. The predicted octanol–water partition coefficient (Wildman–Crippen LogP) is 5.57. The zero-order valence-corrected chi connectivity index (χ0v) is 46.4. The van der Waals surface area contributed by atoms with Crippen LogP contribution in [0.2, 0.25) is 0 Å². The van der Waals surface area contributed by atoms with Gasteiger partial charge in [0.05, 0.1) is 55.4 Å². The van der Waals surface area contributed by atoms with Gasteiger partial charge in [0.2, 0.25) is 6.29 Å². The number of fused-ring (bicyclic) bond motifs is 6. The number of nitrogens with zero attached hydrogens (tertiary/aromatic N) is 4. The zero-order chi connectivity index (χ0) is 56.9. The largest absolute Gasteiger partial charge is 0.501 e. The normalized spacial score (nSPS) is 21.8. The highest BCUT2D eigenvalue weighted by molar-refractivity contribution is 7.82. The minimum Gasteiger partial charge on any atom is -0.493 e. The van der Waals surface area contributed by atoms with Gasteiger partial charge in [-0.05, 0) is 108 Å².